The maximum Gasteiger partial charge on any atom is 0.161 e. The van der Waals surface area contributed by atoms with Crippen molar-refractivity contribution < 1.29 is 9.47 Å². The summed E-state index contributed by atoms with van der Waals surface area (Å²) in [5.74, 6) is 1.72. The molecule has 1 N–H and O–H groups in total. The summed E-state index contributed by atoms with van der Waals surface area (Å²) in [5, 5.41) is 3.55. The largest absolute Gasteiger partial charge is 0.486 e. The number of benzene rings is 1. The number of hydrogen-bond donors (Lipinski definition) is 1. The first-order valence-corrected chi connectivity index (χ1v) is 8.08. The second-order valence-electron chi connectivity index (χ2n) is 5.50. The van der Waals surface area contributed by atoms with Crippen molar-refractivity contribution >= 4 is 0 Å². The highest BCUT2D eigenvalue weighted by Crippen LogP contribution is 2.32. The second-order valence-corrected chi connectivity index (χ2v) is 5.50. The summed E-state index contributed by atoms with van der Waals surface area (Å²) in [6.45, 7) is 7.49. The first-order valence-electron chi connectivity index (χ1n) is 8.08. The molecule has 3 heteroatoms. The molecule has 2 rings (SSSR count). The SMILES string of the molecule is C=CCCCCCC(NCC)C1COc2ccccc2O1. The molecule has 1 heterocycles. The van der Waals surface area contributed by atoms with Crippen LogP contribution in [0.3, 0.4) is 0 Å². The summed E-state index contributed by atoms with van der Waals surface area (Å²) in [6.07, 6.45) is 8.03. The normalized spacial score (nSPS) is 18.2. The fourth-order valence-electron chi connectivity index (χ4n) is 2.75. The van der Waals surface area contributed by atoms with Gasteiger partial charge in [-0.15, -0.1) is 6.58 Å². The Morgan fingerprint density at radius 3 is 2.86 bits per heavy atom. The minimum Gasteiger partial charge on any atom is -0.486 e. The molecular weight excluding hydrogens is 262 g/mol. The Hall–Kier alpha value is -1.48. The Balaban J connectivity index is 1.85. The third-order valence-electron chi connectivity index (χ3n) is 3.87. The predicted octanol–water partition coefficient (Wildman–Crippen LogP) is 3.94. The zero-order valence-electron chi connectivity index (χ0n) is 13.0. The van der Waals surface area contributed by atoms with Gasteiger partial charge in [0.2, 0.25) is 0 Å². The number of fused-ring (bicyclic) bond motifs is 1. The zero-order chi connectivity index (χ0) is 14.9. The van der Waals surface area contributed by atoms with E-state index in [1.165, 1.54) is 19.3 Å². The lowest BCUT2D eigenvalue weighted by molar-refractivity contribution is 0.0592. The van der Waals surface area contributed by atoms with Gasteiger partial charge < -0.3 is 14.8 Å². The second kappa shape index (κ2) is 8.73. The number of likely N-dealkylation sites (N-methyl/N-ethyl adjacent to an activating group) is 1. The highest BCUT2D eigenvalue weighted by atomic mass is 16.6. The molecule has 0 saturated carbocycles. The lowest BCUT2D eigenvalue weighted by atomic mass is 10.0. The van der Waals surface area contributed by atoms with E-state index in [1.54, 1.807) is 0 Å². The maximum absolute atomic E-state index is 6.12. The molecule has 1 aliphatic heterocycles. The number of allylic oxidation sites excluding steroid dienone is 1. The number of hydrogen-bond acceptors (Lipinski definition) is 3. The van der Waals surface area contributed by atoms with Crippen LogP contribution in [0.1, 0.15) is 39.0 Å². The van der Waals surface area contributed by atoms with Crippen LogP contribution in [0.4, 0.5) is 0 Å². The summed E-state index contributed by atoms with van der Waals surface area (Å²) >= 11 is 0. The van der Waals surface area contributed by atoms with Gasteiger partial charge in [-0.2, -0.15) is 0 Å². The fraction of sp³-hybridized carbons (Fsp3) is 0.556. The topological polar surface area (TPSA) is 30.5 Å². The average molecular weight is 289 g/mol. The van der Waals surface area contributed by atoms with Crippen LogP contribution < -0.4 is 14.8 Å². The first-order chi connectivity index (χ1) is 10.3. The standard InChI is InChI=1S/C18H27NO2/c1-3-5-6-7-8-11-15(19-4-2)18-14-20-16-12-9-10-13-17(16)21-18/h3,9-10,12-13,15,18-19H,1,4-8,11,14H2,2H3. The Bertz CT molecular complexity index is 433. The zero-order valence-corrected chi connectivity index (χ0v) is 13.0. The van der Waals surface area contributed by atoms with E-state index in [4.69, 9.17) is 9.47 Å². The van der Waals surface area contributed by atoms with E-state index < -0.39 is 0 Å². The van der Waals surface area contributed by atoms with E-state index in [1.807, 2.05) is 30.3 Å². The smallest absolute Gasteiger partial charge is 0.161 e. The molecule has 0 aromatic heterocycles. The highest BCUT2D eigenvalue weighted by Gasteiger charge is 2.27. The van der Waals surface area contributed by atoms with Gasteiger partial charge in [0.05, 0.1) is 0 Å². The molecule has 21 heavy (non-hydrogen) atoms. The lowest BCUT2D eigenvalue weighted by Gasteiger charge is -2.32. The predicted molar refractivity (Wildman–Crippen MR) is 87.1 cm³/mol. The van der Waals surface area contributed by atoms with Gasteiger partial charge in [0.25, 0.3) is 0 Å². The van der Waals surface area contributed by atoms with Crippen molar-refractivity contribution in [3.8, 4) is 11.5 Å². The van der Waals surface area contributed by atoms with Gasteiger partial charge in [-0.3, -0.25) is 0 Å². The molecular formula is C18H27NO2. The molecule has 3 nitrogen and oxygen atoms in total. The molecule has 1 aromatic carbocycles. The van der Waals surface area contributed by atoms with Gasteiger partial charge in [-0.05, 0) is 37.9 Å². The van der Waals surface area contributed by atoms with Crippen LogP contribution in [0, 0.1) is 0 Å². The third kappa shape index (κ3) is 4.78. The van der Waals surface area contributed by atoms with Crippen molar-refractivity contribution in [3.05, 3.63) is 36.9 Å². The summed E-state index contributed by atoms with van der Waals surface area (Å²) in [5.41, 5.74) is 0. The summed E-state index contributed by atoms with van der Waals surface area (Å²) in [7, 11) is 0. The van der Waals surface area contributed by atoms with E-state index in [-0.39, 0.29) is 6.10 Å². The van der Waals surface area contributed by atoms with E-state index in [0.29, 0.717) is 12.6 Å². The lowest BCUT2D eigenvalue weighted by Crippen LogP contribution is -2.47. The van der Waals surface area contributed by atoms with Crippen molar-refractivity contribution in [1.82, 2.24) is 5.32 Å². The van der Waals surface area contributed by atoms with E-state index in [2.05, 4.69) is 18.8 Å². The van der Waals surface area contributed by atoms with Crippen LogP contribution in [0.5, 0.6) is 11.5 Å². The van der Waals surface area contributed by atoms with Gasteiger partial charge in [0, 0.05) is 6.04 Å². The molecule has 116 valence electrons. The van der Waals surface area contributed by atoms with Gasteiger partial charge in [0.1, 0.15) is 12.7 Å². The molecule has 2 atom stereocenters. The molecule has 0 bridgehead atoms. The summed E-state index contributed by atoms with van der Waals surface area (Å²) < 4.78 is 12.0. The van der Waals surface area contributed by atoms with Crippen LogP contribution in [-0.2, 0) is 0 Å². The fourth-order valence-corrected chi connectivity index (χ4v) is 2.75. The molecule has 0 aliphatic carbocycles. The van der Waals surface area contributed by atoms with Gasteiger partial charge >= 0.3 is 0 Å². The van der Waals surface area contributed by atoms with Crippen LogP contribution in [0.25, 0.3) is 0 Å². The molecule has 0 saturated heterocycles. The minimum absolute atomic E-state index is 0.0965. The quantitative estimate of drug-likeness (QED) is 0.552. The van der Waals surface area contributed by atoms with Crippen molar-refractivity contribution in [3.63, 3.8) is 0 Å². The number of unbranched alkanes of at least 4 members (excludes halogenated alkanes) is 3. The summed E-state index contributed by atoms with van der Waals surface area (Å²) in [4.78, 5) is 0. The highest BCUT2D eigenvalue weighted by molar-refractivity contribution is 5.40. The number of nitrogens with one attached hydrogen (secondary N) is 1. The van der Waals surface area contributed by atoms with Crippen LogP contribution in [0.15, 0.2) is 36.9 Å². The molecule has 0 amide bonds. The van der Waals surface area contributed by atoms with Crippen molar-refractivity contribution in [2.75, 3.05) is 13.2 Å². The molecule has 2 unspecified atom stereocenters. The van der Waals surface area contributed by atoms with E-state index >= 15 is 0 Å². The van der Waals surface area contributed by atoms with E-state index in [9.17, 15) is 0 Å². The third-order valence-corrected chi connectivity index (χ3v) is 3.87. The van der Waals surface area contributed by atoms with Crippen molar-refractivity contribution in [2.45, 2.75) is 51.2 Å². The number of ether oxygens (including phenoxy) is 2. The van der Waals surface area contributed by atoms with E-state index in [0.717, 1.165) is 30.9 Å². The van der Waals surface area contributed by atoms with Crippen LogP contribution in [0.2, 0.25) is 0 Å². The van der Waals surface area contributed by atoms with Gasteiger partial charge in [0.15, 0.2) is 11.5 Å². The minimum atomic E-state index is 0.0965. The number of rotatable bonds is 9. The Morgan fingerprint density at radius 1 is 1.29 bits per heavy atom. The van der Waals surface area contributed by atoms with Crippen LogP contribution >= 0.6 is 0 Å². The Morgan fingerprint density at radius 2 is 2.10 bits per heavy atom. The average Bonchev–Trinajstić information content (AvgIpc) is 2.53. The Kier molecular flexibility index (Phi) is 6.61. The first kappa shape index (κ1) is 15.9. The molecule has 0 fully saturated rings. The van der Waals surface area contributed by atoms with Crippen molar-refractivity contribution in [2.24, 2.45) is 0 Å². The van der Waals surface area contributed by atoms with Gasteiger partial charge in [-0.25, -0.2) is 0 Å². The monoisotopic (exact) mass is 289 g/mol. The maximum atomic E-state index is 6.12. The molecule has 1 aromatic rings. The number of para-hydroxylation sites is 2. The molecule has 0 radical (unpaired) electrons. The van der Waals surface area contributed by atoms with Crippen molar-refractivity contribution in [1.29, 1.82) is 0 Å². The Labute approximate surface area is 128 Å². The summed E-state index contributed by atoms with van der Waals surface area (Å²) in [6, 6.07) is 8.26. The molecule has 0 spiro atoms. The van der Waals surface area contributed by atoms with Crippen LogP contribution in [-0.4, -0.2) is 25.3 Å². The van der Waals surface area contributed by atoms with Gasteiger partial charge in [-0.1, -0.05) is 38.0 Å². The molecule has 1 aliphatic rings.